The summed E-state index contributed by atoms with van der Waals surface area (Å²) in [4.78, 5) is 13.7. The summed E-state index contributed by atoms with van der Waals surface area (Å²) >= 11 is 23.6. The second-order valence-corrected chi connectivity index (χ2v) is 6.52. The molecule has 0 N–H and O–H groups in total. The number of benzene rings is 2. The lowest BCUT2D eigenvalue weighted by molar-refractivity contribution is -0.132. The Morgan fingerprint density at radius 2 is 1.74 bits per heavy atom. The van der Waals surface area contributed by atoms with Crippen molar-refractivity contribution in [2.45, 2.75) is 6.54 Å². The zero-order valence-corrected chi connectivity index (χ0v) is 15.2. The van der Waals surface area contributed by atoms with Crippen LogP contribution >= 0.6 is 46.4 Å². The van der Waals surface area contributed by atoms with E-state index in [1.54, 1.807) is 37.4 Å². The molecule has 0 unspecified atom stereocenters. The van der Waals surface area contributed by atoms with Crippen LogP contribution in [0.25, 0.3) is 0 Å². The normalized spacial score (nSPS) is 10.5. The number of hydrogen-bond acceptors (Lipinski definition) is 2. The molecule has 0 spiro atoms. The lowest BCUT2D eigenvalue weighted by Crippen LogP contribution is -2.31. The Morgan fingerprint density at radius 3 is 2.39 bits per heavy atom. The molecule has 0 aliphatic carbocycles. The fraction of sp³-hybridized carbons (Fsp3) is 0.188. The highest BCUT2D eigenvalue weighted by atomic mass is 35.5. The molecule has 0 aliphatic rings. The van der Waals surface area contributed by atoms with Crippen molar-refractivity contribution in [1.82, 2.24) is 4.90 Å². The van der Waals surface area contributed by atoms with E-state index in [9.17, 15) is 4.79 Å². The molecule has 2 aromatic carbocycles. The van der Waals surface area contributed by atoms with Gasteiger partial charge in [-0.15, -0.1) is 0 Å². The molecule has 0 heterocycles. The van der Waals surface area contributed by atoms with Gasteiger partial charge in [0, 0.05) is 18.6 Å². The summed E-state index contributed by atoms with van der Waals surface area (Å²) in [5.74, 6) is 0.217. The van der Waals surface area contributed by atoms with Crippen molar-refractivity contribution >= 4 is 52.3 Å². The first-order valence-corrected chi connectivity index (χ1v) is 8.13. The van der Waals surface area contributed by atoms with Crippen LogP contribution in [0.1, 0.15) is 5.56 Å². The number of nitrogens with zero attached hydrogens (tertiary/aromatic N) is 1. The molecule has 1 amide bonds. The minimum Gasteiger partial charge on any atom is -0.482 e. The molecule has 0 fully saturated rings. The van der Waals surface area contributed by atoms with Crippen LogP contribution in [0.5, 0.6) is 5.75 Å². The average molecular weight is 393 g/mol. The lowest BCUT2D eigenvalue weighted by Gasteiger charge is -2.18. The van der Waals surface area contributed by atoms with Crippen molar-refractivity contribution in [3.63, 3.8) is 0 Å². The number of amides is 1. The van der Waals surface area contributed by atoms with Gasteiger partial charge in [0.1, 0.15) is 5.75 Å². The fourth-order valence-electron chi connectivity index (χ4n) is 1.84. The third-order valence-electron chi connectivity index (χ3n) is 3.07. The summed E-state index contributed by atoms with van der Waals surface area (Å²) in [5, 5.41) is 1.79. The van der Waals surface area contributed by atoms with Gasteiger partial charge in [-0.25, -0.2) is 0 Å². The molecular weight excluding hydrogens is 380 g/mol. The largest absolute Gasteiger partial charge is 0.482 e. The van der Waals surface area contributed by atoms with Gasteiger partial charge in [-0.2, -0.15) is 0 Å². The topological polar surface area (TPSA) is 29.5 Å². The maximum atomic E-state index is 12.1. The molecular formula is C16H13Cl4NO2. The maximum absolute atomic E-state index is 12.1. The Balaban J connectivity index is 1.93. The highest BCUT2D eigenvalue weighted by Gasteiger charge is 2.12. The minimum absolute atomic E-state index is 0.126. The van der Waals surface area contributed by atoms with E-state index in [4.69, 9.17) is 51.1 Å². The van der Waals surface area contributed by atoms with Crippen molar-refractivity contribution in [3.8, 4) is 5.75 Å². The van der Waals surface area contributed by atoms with Crippen molar-refractivity contribution in [1.29, 1.82) is 0 Å². The van der Waals surface area contributed by atoms with Gasteiger partial charge in [-0.1, -0.05) is 52.5 Å². The van der Waals surface area contributed by atoms with E-state index in [0.717, 1.165) is 5.56 Å². The van der Waals surface area contributed by atoms with E-state index in [0.29, 0.717) is 32.4 Å². The molecule has 0 bridgehead atoms. The van der Waals surface area contributed by atoms with Crippen molar-refractivity contribution in [3.05, 3.63) is 62.1 Å². The van der Waals surface area contributed by atoms with E-state index in [1.807, 2.05) is 6.07 Å². The molecule has 2 rings (SSSR count). The predicted molar refractivity (Wildman–Crippen MR) is 94.9 cm³/mol. The van der Waals surface area contributed by atoms with E-state index in [1.165, 1.54) is 4.90 Å². The van der Waals surface area contributed by atoms with Gasteiger partial charge in [-0.05, 0) is 35.9 Å². The molecule has 0 saturated carbocycles. The predicted octanol–water partition coefficient (Wildman–Crippen LogP) is 5.34. The van der Waals surface area contributed by atoms with Gasteiger partial charge in [0.2, 0.25) is 0 Å². The van der Waals surface area contributed by atoms with E-state index in [-0.39, 0.29) is 12.5 Å². The van der Waals surface area contributed by atoms with Crippen molar-refractivity contribution in [2.24, 2.45) is 0 Å². The summed E-state index contributed by atoms with van der Waals surface area (Å²) in [7, 11) is 1.68. The Morgan fingerprint density at radius 1 is 1.00 bits per heavy atom. The summed E-state index contributed by atoms with van der Waals surface area (Å²) in [6, 6.07) is 10.1. The Kier molecular flexibility index (Phi) is 6.42. The summed E-state index contributed by atoms with van der Waals surface area (Å²) in [6.07, 6.45) is 0. The van der Waals surface area contributed by atoms with Crippen LogP contribution in [0.2, 0.25) is 20.1 Å². The number of hydrogen-bond donors (Lipinski definition) is 0. The molecule has 0 radical (unpaired) electrons. The second kappa shape index (κ2) is 8.11. The standard InChI is InChI=1S/C16H13Cl4NO2/c1-21(8-10-2-4-12(18)13(19)6-10)16(22)9-23-15-5-3-11(17)7-14(15)20/h2-7H,8-9H2,1H3. The summed E-state index contributed by atoms with van der Waals surface area (Å²) in [6.45, 7) is 0.270. The van der Waals surface area contributed by atoms with Gasteiger partial charge in [0.25, 0.3) is 5.91 Å². The summed E-state index contributed by atoms with van der Waals surface area (Å²) < 4.78 is 5.43. The Bertz CT molecular complexity index is 721. The number of rotatable bonds is 5. The van der Waals surface area contributed by atoms with Crippen LogP contribution in [-0.2, 0) is 11.3 Å². The molecule has 3 nitrogen and oxygen atoms in total. The van der Waals surface area contributed by atoms with Gasteiger partial charge in [-0.3, -0.25) is 4.79 Å². The number of halogens is 4. The van der Waals surface area contributed by atoms with Crippen LogP contribution in [0.3, 0.4) is 0 Å². The molecule has 122 valence electrons. The number of carbonyl (C=O) groups excluding carboxylic acids is 1. The summed E-state index contributed by atoms with van der Waals surface area (Å²) in [5.41, 5.74) is 0.875. The molecule has 0 aliphatic heterocycles. The molecule has 23 heavy (non-hydrogen) atoms. The van der Waals surface area contributed by atoms with Gasteiger partial charge in [0.15, 0.2) is 6.61 Å². The maximum Gasteiger partial charge on any atom is 0.260 e. The molecule has 2 aromatic rings. The highest BCUT2D eigenvalue weighted by Crippen LogP contribution is 2.27. The van der Waals surface area contributed by atoms with Crippen LogP contribution in [0.15, 0.2) is 36.4 Å². The zero-order chi connectivity index (χ0) is 17.0. The second-order valence-electron chi connectivity index (χ2n) is 4.86. The minimum atomic E-state index is -0.193. The zero-order valence-electron chi connectivity index (χ0n) is 12.2. The lowest BCUT2D eigenvalue weighted by atomic mass is 10.2. The monoisotopic (exact) mass is 391 g/mol. The molecule has 0 saturated heterocycles. The Hall–Kier alpha value is -1.13. The SMILES string of the molecule is CN(Cc1ccc(Cl)c(Cl)c1)C(=O)COc1ccc(Cl)cc1Cl. The van der Waals surface area contributed by atoms with Crippen LogP contribution < -0.4 is 4.74 Å². The first-order valence-electron chi connectivity index (χ1n) is 6.62. The van der Waals surface area contributed by atoms with Gasteiger partial charge < -0.3 is 9.64 Å². The quantitative estimate of drug-likeness (QED) is 0.687. The molecule has 7 heteroatoms. The number of ether oxygens (including phenoxy) is 1. The van der Waals surface area contributed by atoms with Gasteiger partial charge in [0.05, 0.1) is 15.1 Å². The fourth-order valence-corrected chi connectivity index (χ4v) is 2.63. The molecule has 0 atom stereocenters. The molecule has 0 aromatic heterocycles. The van der Waals surface area contributed by atoms with E-state index >= 15 is 0 Å². The third kappa shape index (κ3) is 5.18. The third-order valence-corrected chi connectivity index (χ3v) is 4.34. The van der Waals surface area contributed by atoms with Crippen molar-refractivity contribution < 1.29 is 9.53 Å². The van der Waals surface area contributed by atoms with E-state index in [2.05, 4.69) is 0 Å². The first kappa shape index (κ1) is 18.2. The number of likely N-dealkylation sites (N-methyl/N-ethyl adjacent to an activating group) is 1. The van der Waals surface area contributed by atoms with Gasteiger partial charge >= 0.3 is 0 Å². The number of carbonyl (C=O) groups is 1. The smallest absolute Gasteiger partial charge is 0.260 e. The van der Waals surface area contributed by atoms with Crippen LogP contribution in [-0.4, -0.2) is 24.5 Å². The Labute approximate surface area is 154 Å². The van der Waals surface area contributed by atoms with Crippen LogP contribution in [0, 0.1) is 0 Å². The highest BCUT2D eigenvalue weighted by molar-refractivity contribution is 6.42. The van der Waals surface area contributed by atoms with Crippen molar-refractivity contribution in [2.75, 3.05) is 13.7 Å². The first-order chi connectivity index (χ1) is 10.9. The average Bonchev–Trinajstić information content (AvgIpc) is 2.49. The van der Waals surface area contributed by atoms with E-state index < -0.39 is 0 Å². The van der Waals surface area contributed by atoms with Crippen LogP contribution in [0.4, 0.5) is 0 Å².